The monoisotopic (exact) mass is 443 g/mol. The van der Waals surface area contributed by atoms with E-state index in [1.54, 1.807) is 18.3 Å². The molecule has 1 unspecified atom stereocenters. The summed E-state index contributed by atoms with van der Waals surface area (Å²) in [5.41, 5.74) is 2.19. The van der Waals surface area contributed by atoms with Crippen molar-refractivity contribution in [3.8, 4) is 22.5 Å². The number of aromatic amines is 1. The molecule has 3 aromatic rings. The van der Waals surface area contributed by atoms with E-state index in [1.807, 2.05) is 36.4 Å². The first-order valence-electron chi connectivity index (χ1n) is 8.34. The van der Waals surface area contributed by atoms with Crippen molar-refractivity contribution in [2.75, 3.05) is 0 Å². The molecule has 2 heterocycles. The molecule has 0 radical (unpaired) electrons. The molecule has 0 aliphatic heterocycles. The summed E-state index contributed by atoms with van der Waals surface area (Å²) < 4.78 is 1.99. The van der Waals surface area contributed by atoms with E-state index >= 15 is 0 Å². The summed E-state index contributed by atoms with van der Waals surface area (Å²) in [6.45, 7) is 0. The second-order valence-electron chi connectivity index (χ2n) is 6.20. The van der Waals surface area contributed by atoms with E-state index < -0.39 is 0 Å². The Morgan fingerprint density at radius 3 is 2.70 bits per heavy atom. The molecular weight excluding hydrogens is 430 g/mol. The lowest BCUT2D eigenvalue weighted by molar-refractivity contribution is 0.177. The normalized spacial score (nSPS) is 16.4. The number of hydrogen-bond acceptors (Lipinski definition) is 3. The number of rotatable bonds is 3. The van der Waals surface area contributed by atoms with Gasteiger partial charge in [-0.25, -0.2) is 4.98 Å². The summed E-state index contributed by atoms with van der Waals surface area (Å²) in [7, 11) is 0. The van der Waals surface area contributed by atoms with Crippen molar-refractivity contribution >= 4 is 27.5 Å². The van der Waals surface area contributed by atoms with E-state index in [2.05, 4.69) is 20.9 Å². The number of aromatic nitrogens is 3. The van der Waals surface area contributed by atoms with Crippen molar-refractivity contribution in [2.24, 2.45) is 0 Å². The second kappa shape index (κ2) is 7.21. The maximum Gasteiger partial charge on any atom is 0.248 e. The van der Waals surface area contributed by atoms with Crippen LogP contribution in [0.3, 0.4) is 0 Å². The Kier molecular flexibility index (Phi) is 4.76. The molecule has 7 heteroatoms. The Bertz CT molecular complexity index is 1110. The van der Waals surface area contributed by atoms with Gasteiger partial charge in [-0.1, -0.05) is 51.8 Å². The van der Waals surface area contributed by atoms with Gasteiger partial charge in [0.25, 0.3) is 0 Å². The highest BCUT2D eigenvalue weighted by molar-refractivity contribution is 9.10. The number of benzene rings is 1. The summed E-state index contributed by atoms with van der Waals surface area (Å²) >= 11 is 9.80. The van der Waals surface area contributed by atoms with E-state index in [0.717, 1.165) is 14.8 Å². The molecule has 2 aromatic heterocycles. The topological polar surface area (TPSA) is 70.9 Å². The lowest BCUT2D eigenvalue weighted by atomic mass is 10.00. The van der Waals surface area contributed by atoms with Crippen LogP contribution in [-0.2, 0) is 0 Å². The Hall–Kier alpha value is -2.57. The predicted octanol–water partition coefficient (Wildman–Crippen LogP) is 5.07. The molecule has 1 atom stereocenters. The standard InChI is InChI=1S/C20H15BrClN3O2/c21-14-7-5-12(6-8-14)18-19(13-9-10-23-17(26)11-13)25(27)20(24-18)15-3-1-2-4-16(15)22/h1-2,4-11,15,27H,3H2,(H,23,26). The Morgan fingerprint density at radius 1 is 1.22 bits per heavy atom. The average molecular weight is 445 g/mol. The molecule has 0 saturated heterocycles. The van der Waals surface area contributed by atoms with Crippen LogP contribution in [0.2, 0.25) is 0 Å². The van der Waals surface area contributed by atoms with E-state index in [9.17, 15) is 10.0 Å². The SMILES string of the molecule is O=c1cc(-c2c(-c3ccc(Br)cc3)nc(C3CC=CC=C3Cl)n2O)cc[nH]1. The van der Waals surface area contributed by atoms with Crippen LogP contribution in [0.15, 0.2) is 75.1 Å². The summed E-state index contributed by atoms with van der Waals surface area (Å²) in [5.74, 6) is 0.195. The summed E-state index contributed by atoms with van der Waals surface area (Å²) in [4.78, 5) is 19.1. The molecule has 0 bridgehead atoms. The van der Waals surface area contributed by atoms with Gasteiger partial charge >= 0.3 is 0 Å². The van der Waals surface area contributed by atoms with Crippen LogP contribution < -0.4 is 5.56 Å². The third-order valence-corrected chi connectivity index (χ3v) is 5.37. The van der Waals surface area contributed by atoms with Crippen LogP contribution in [0.1, 0.15) is 18.2 Å². The van der Waals surface area contributed by atoms with Gasteiger partial charge in [0.05, 0.1) is 5.92 Å². The van der Waals surface area contributed by atoms with Gasteiger partial charge in [-0.05, 0) is 30.7 Å². The fourth-order valence-electron chi connectivity index (χ4n) is 3.15. The number of halogens is 2. The predicted molar refractivity (Wildman–Crippen MR) is 109 cm³/mol. The van der Waals surface area contributed by atoms with E-state index in [4.69, 9.17) is 16.6 Å². The Labute approximate surface area is 168 Å². The Balaban J connectivity index is 1.95. The van der Waals surface area contributed by atoms with Gasteiger partial charge < -0.3 is 10.2 Å². The molecule has 1 aliphatic carbocycles. The first kappa shape index (κ1) is 17.8. The van der Waals surface area contributed by atoms with E-state index in [0.29, 0.717) is 34.2 Å². The van der Waals surface area contributed by atoms with Crippen molar-refractivity contribution in [3.63, 3.8) is 0 Å². The number of nitrogens with one attached hydrogen (secondary N) is 1. The smallest absolute Gasteiger partial charge is 0.248 e. The molecular formula is C20H15BrClN3O2. The number of hydrogen-bond donors (Lipinski definition) is 2. The molecule has 136 valence electrons. The van der Waals surface area contributed by atoms with E-state index in [1.165, 1.54) is 6.07 Å². The van der Waals surface area contributed by atoms with Gasteiger partial charge in [-0.15, -0.1) is 0 Å². The van der Waals surface area contributed by atoms with Gasteiger partial charge in [0.2, 0.25) is 5.56 Å². The largest absolute Gasteiger partial charge is 0.427 e. The van der Waals surface area contributed by atoms with Gasteiger partial charge in [-0.2, -0.15) is 4.73 Å². The van der Waals surface area contributed by atoms with Crippen molar-refractivity contribution in [1.82, 2.24) is 14.7 Å². The van der Waals surface area contributed by atoms with Crippen LogP contribution in [0.4, 0.5) is 0 Å². The third kappa shape index (κ3) is 3.38. The molecule has 0 spiro atoms. The molecule has 1 aromatic carbocycles. The fraction of sp³-hybridized carbons (Fsp3) is 0.100. The number of H-pyrrole nitrogens is 1. The number of nitrogens with zero attached hydrogens (tertiary/aromatic N) is 2. The lowest BCUT2D eigenvalue weighted by Crippen LogP contribution is -2.10. The van der Waals surface area contributed by atoms with Crippen LogP contribution >= 0.6 is 27.5 Å². The highest BCUT2D eigenvalue weighted by atomic mass is 79.9. The minimum atomic E-state index is -0.254. The minimum Gasteiger partial charge on any atom is -0.427 e. The summed E-state index contributed by atoms with van der Waals surface area (Å²) in [5, 5.41) is 11.6. The molecule has 0 amide bonds. The average Bonchev–Trinajstić information content (AvgIpc) is 3.00. The summed E-state index contributed by atoms with van der Waals surface area (Å²) in [6, 6.07) is 10.8. The van der Waals surface area contributed by atoms with Gasteiger partial charge in [-0.3, -0.25) is 4.79 Å². The van der Waals surface area contributed by atoms with Crippen LogP contribution in [0.5, 0.6) is 0 Å². The highest BCUT2D eigenvalue weighted by Crippen LogP contribution is 2.38. The molecule has 27 heavy (non-hydrogen) atoms. The number of allylic oxidation sites excluding steroid dienone is 4. The minimum absolute atomic E-state index is 0.244. The summed E-state index contributed by atoms with van der Waals surface area (Å²) in [6.07, 6.45) is 7.86. The fourth-order valence-corrected chi connectivity index (χ4v) is 3.67. The van der Waals surface area contributed by atoms with Crippen LogP contribution in [0.25, 0.3) is 22.5 Å². The first-order valence-corrected chi connectivity index (χ1v) is 9.51. The maximum absolute atomic E-state index is 11.8. The number of pyridine rings is 1. The molecule has 4 rings (SSSR count). The van der Waals surface area contributed by atoms with Crippen molar-refractivity contribution in [1.29, 1.82) is 0 Å². The maximum atomic E-state index is 11.8. The third-order valence-electron chi connectivity index (χ3n) is 4.45. The molecule has 1 aliphatic rings. The van der Waals surface area contributed by atoms with E-state index in [-0.39, 0.29) is 11.5 Å². The zero-order chi connectivity index (χ0) is 19.0. The quantitative estimate of drug-likeness (QED) is 0.554. The van der Waals surface area contributed by atoms with Crippen molar-refractivity contribution in [2.45, 2.75) is 12.3 Å². The van der Waals surface area contributed by atoms with Gasteiger partial charge in [0.1, 0.15) is 11.4 Å². The van der Waals surface area contributed by atoms with Crippen molar-refractivity contribution < 1.29 is 5.21 Å². The highest BCUT2D eigenvalue weighted by Gasteiger charge is 2.27. The molecule has 0 fully saturated rings. The lowest BCUT2D eigenvalue weighted by Gasteiger charge is -2.16. The van der Waals surface area contributed by atoms with Crippen molar-refractivity contribution in [3.05, 3.63) is 86.5 Å². The molecule has 0 saturated carbocycles. The van der Waals surface area contributed by atoms with Crippen LogP contribution in [0, 0.1) is 0 Å². The molecule has 2 N–H and O–H groups in total. The van der Waals surface area contributed by atoms with Gasteiger partial charge in [0.15, 0.2) is 5.82 Å². The van der Waals surface area contributed by atoms with Crippen LogP contribution in [-0.4, -0.2) is 19.9 Å². The zero-order valence-corrected chi connectivity index (χ0v) is 16.4. The van der Waals surface area contributed by atoms with Gasteiger partial charge in [0, 0.05) is 32.9 Å². The zero-order valence-electron chi connectivity index (χ0n) is 14.1. The first-order chi connectivity index (χ1) is 13.0. The molecule has 5 nitrogen and oxygen atoms in total. The number of imidazole rings is 1. The Morgan fingerprint density at radius 2 is 2.00 bits per heavy atom. The second-order valence-corrected chi connectivity index (χ2v) is 7.55.